The maximum atomic E-state index is 10.6. The summed E-state index contributed by atoms with van der Waals surface area (Å²) in [7, 11) is 0. The molecule has 0 aromatic carbocycles. The molecule has 0 amide bonds. The van der Waals surface area contributed by atoms with E-state index in [2.05, 4.69) is 26.1 Å². The van der Waals surface area contributed by atoms with Crippen molar-refractivity contribution in [3.8, 4) is 0 Å². The lowest BCUT2D eigenvalue weighted by Crippen LogP contribution is -2.54. The van der Waals surface area contributed by atoms with Crippen molar-refractivity contribution in [2.75, 3.05) is 26.2 Å². The van der Waals surface area contributed by atoms with E-state index in [9.17, 15) is 5.11 Å². The third-order valence-electron chi connectivity index (χ3n) is 4.88. The Morgan fingerprint density at radius 3 is 2.62 bits per heavy atom. The molecule has 1 aromatic heterocycles. The number of H-pyrrole nitrogens is 1. The number of piperidine rings is 1. The first-order valence-electron chi connectivity index (χ1n) is 8.38. The van der Waals surface area contributed by atoms with Crippen molar-refractivity contribution < 1.29 is 5.11 Å². The molecule has 5 heteroatoms. The number of aromatic nitrogens is 2. The fraction of sp³-hybridized carbons (Fsp3) is 0.812. The maximum Gasteiger partial charge on any atom is 0.0822 e. The average molecular weight is 292 g/mol. The van der Waals surface area contributed by atoms with E-state index in [-0.39, 0.29) is 6.10 Å². The lowest BCUT2D eigenvalue weighted by atomic mass is 9.99. The largest absolute Gasteiger partial charge is 0.390 e. The number of nitrogens with one attached hydrogen (secondary N) is 1. The van der Waals surface area contributed by atoms with Gasteiger partial charge < -0.3 is 5.11 Å². The minimum Gasteiger partial charge on any atom is -0.390 e. The number of hydrogen-bond donors (Lipinski definition) is 2. The van der Waals surface area contributed by atoms with Gasteiger partial charge in [-0.1, -0.05) is 12.8 Å². The van der Waals surface area contributed by atoms with Gasteiger partial charge in [0.25, 0.3) is 0 Å². The van der Waals surface area contributed by atoms with Crippen LogP contribution in [-0.2, 0) is 6.54 Å². The van der Waals surface area contributed by atoms with Crippen molar-refractivity contribution in [3.63, 3.8) is 0 Å². The standard InChI is InChI=1S/C16H28N4O/c1-13-10-14(18-17-13)11-19-9-6-15(16(21)12-19)20-7-4-2-3-5-8-20/h10,15-16,21H,2-9,11-12H2,1H3,(H,17,18)/t15-,16-/m1/s1. The van der Waals surface area contributed by atoms with Crippen LogP contribution < -0.4 is 0 Å². The molecule has 3 rings (SSSR count). The zero-order valence-corrected chi connectivity index (χ0v) is 13.1. The topological polar surface area (TPSA) is 55.4 Å². The van der Waals surface area contributed by atoms with E-state index >= 15 is 0 Å². The highest BCUT2D eigenvalue weighted by Gasteiger charge is 2.32. The molecule has 0 bridgehead atoms. The Hall–Kier alpha value is -0.910. The number of aliphatic hydroxyl groups excluding tert-OH is 1. The predicted molar refractivity (Wildman–Crippen MR) is 83.1 cm³/mol. The molecule has 2 aliphatic heterocycles. The summed E-state index contributed by atoms with van der Waals surface area (Å²) >= 11 is 0. The molecule has 2 fully saturated rings. The van der Waals surface area contributed by atoms with E-state index in [1.165, 1.54) is 38.8 Å². The zero-order valence-electron chi connectivity index (χ0n) is 13.1. The van der Waals surface area contributed by atoms with E-state index in [0.717, 1.165) is 37.4 Å². The summed E-state index contributed by atoms with van der Waals surface area (Å²) in [5, 5.41) is 17.8. The molecular weight excluding hydrogens is 264 g/mol. The molecule has 2 N–H and O–H groups in total. The molecule has 2 saturated heterocycles. The van der Waals surface area contributed by atoms with Gasteiger partial charge >= 0.3 is 0 Å². The Balaban J connectivity index is 1.53. The van der Waals surface area contributed by atoms with Crippen molar-refractivity contribution in [3.05, 3.63) is 17.5 Å². The fourth-order valence-corrected chi connectivity index (χ4v) is 3.77. The van der Waals surface area contributed by atoms with Gasteiger partial charge in [-0.05, 0) is 45.3 Å². The first-order chi connectivity index (χ1) is 10.2. The second kappa shape index (κ2) is 6.90. The fourth-order valence-electron chi connectivity index (χ4n) is 3.77. The van der Waals surface area contributed by atoms with E-state index in [4.69, 9.17) is 0 Å². The van der Waals surface area contributed by atoms with Crippen LogP contribution in [0.4, 0.5) is 0 Å². The van der Waals surface area contributed by atoms with Gasteiger partial charge in [-0.15, -0.1) is 0 Å². The van der Waals surface area contributed by atoms with E-state index in [0.29, 0.717) is 6.04 Å². The number of aliphatic hydroxyl groups is 1. The summed E-state index contributed by atoms with van der Waals surface area (Å²) in [4.78, 5) is 4.86. The normalized spacial score (nSPS) is 29.4. The van der Waals surface area contributed by atoms with Crippen LogP contribution in [0, 0.1) is 6.92 Å². The van der Waals surface area contributed by atoms with Crippen LogP contribution in [0.1, 0.15) is 43.5 Å². The minimum atomic E-state index is -0.225. The first kappa shape index (κ1) is 15.0. The smallest absolute Gasteiger partial charge is 0.0822 e. The third kappa shape index (κ3) is 3.84. The van der Waals surface area contributed by atoms with E-state index < -0.39 is 0 Å². The summed E-state index contributed by atoms with van der Waals surface area (Å²) in [6.45, 7) is 7.03. The lowest BCUT2D eigenvalue weighted by molar-refractivity contribution is -0.0147. The summed E-state index contributed by atoms with van der Waals surface area (Å²) in [6, 6.07) is 2.45. The van der Waals surface area contributed by atoms with Gasteiger partial charge in [-0.2, -0.15) is 5.10 Å². The minimum absolute atomic E-state index is 0.225. The SMILES string of the molecule is Cc1cc(CN2CC[C@@H](N3CCCCCC3)[C@H](O)C2)n[nH]1. The molecule has 2 atom stereocenters. The highest BCUT2D eigenvalue weighted by atomic mass is 16.3. The summed E-state index contributed by atoms with van der Waals surface area (Å²) in [6.07, 6.45) is 6.13. The van der Waals surface area contributed by atoms with Crippen LogP contribution >= 0.6 is 0 Å². The molecule has 3 heterocycles. The van der Waals surface area contributed by atoms with Gasteiger partial charge in [0.05, 0.1) is 11.8 Å². The number of hydrogen-bond acceptors (Lipinski definition) is 4. The summed E-state index contributed by atoms with van der Waals surface area (Å²) in [5.41, 5.74) is 2.18. The maximum absolute atomic E-state index is 10.6. The number of nitrogens with zero attached hydrogens (tertiary/aromatic N) is 3. The molecule has 5 nitrogen and oxygen atoms in total. The molecule has 118 valence electrons. The molecule has 0 spiro atoms. The second-order valence-electron chi connectivity index (χ2n) is 6.65. The van der Waals surface area contributed by atoms with E-state index in [1.807, 2.05) is 6.92 Å². The highest BCUT2D eigenvalue weighted by Crippen LogP contribution is 2.22. The van der Waals surface area contributed by atoms with Crippen molar-refractivity contribution in [1.29, 1.82) is 0 Å². The van der Waals surface area contributed by atoms with Crippen molar-refractivity contribution in [2.24, 2.45) is 0 Å². The van der Waals surface area contributed by atoms with E-state index in [1.54, 1.807) is 0 Å². The number of likely N-dealkylation sites (tertiary alicyclic amines) is 2. The van der Waals surface area contributed by atoms with Crippen molar-refractivity contribution >= 4 is 0 Å². The monoisotopic (exact) mass is 292 g/mol. The molecule has 0 saturated carbocycles. The summed E-state index contributed by atoms with van der Waals surface area (Å²) in [5.74, 6) is 0. The van der Waals surface area contributed by atoms with Crippen LogP contribution in [0.3, 0.4) is 0 Å². The molecule has 2 aliphatic rings. The van der Waals surface area contributed by atoms with Crippen molar-refractivity contribution in [2.45, 2.75) is 57.7 Å². The third-order valence-corrected chi connectivity index (χ3v) is 4.88. The van der Waals surface area contributed by atoms with Gasteiger partial charge in [-0.3, -0.25) is 14.9 Å². The number of β-amino-alcohol motifs (C(OH)–C–C–N with tert-alkyl or cyclic N) is 1. The van der Waals surface area contributed by atoms with Crippen molar-refractivity contribution in [1.82, 2.24) is 20.0 Å². The average Bonchev–Trinajstić information content (AvgIpc) is 2.72. The Morgan fingerprint density at radius 2 is 2.00 bits per heavy atom. The summed E-state index contributed by atoms with van der Waals surface area (Å²) < 4.78 is 0. The van der Waals surface area contributed by atoms with Gasteiger partial charge in [0, 0.05) is 31.4 Å². The molecule has 0 radical (unpaired) electrons. The zero-order chi connectivity index (χ0) is 14.7. The number of rotatable bonds is 3. The second-order valence-corrected chi connectivity index (χ2v) is 6.65. The molecule has 1 aromatic rings. The van der Waals surface area contributed by atoms with Gasteiger partial charge in [0.2, 0.25) is 0 Å². The van der Waals surface area contributed by atoms with Crippen LogP contribution in [0.5, 0.6) is 0 Å². The predicted octanol–water partition coefficient (Wildman–Crippen LogP) is 1.53. The molecule has 21 heavy (non-hydrogen) atoms. The molecule has 0 aliphatic carbocycles. The van der Waals surface area contributed by atoms with Gasteiger partial charge in [-0.25, -0.2) is 0 Å². The van der Waals surface area contributed by atoms with Crippen LogP contribution in [0.15, 0.2) is 6.07 Å². The Labute approximate surface area is 127 Å². The number of aromatic amines is 1. The van der Waals surface area contributed by atoms with Gasteiger partial charge in [0.1, 0.15) is 0 Å². The van der Waals surface area contributed by atoms with Crippen LogP contribution in [-0.4, -0.2) is 63.4 Å². The van der Waals surface area contributed by atoms with Crippen LogP contribution in [0.2, 0.25) is 0 Å². The quantitative estimate of drug-likeness (QED) is 0.887. The number of aryl methyl sites for hydroxylation is 1. The Kier molecular flexibility index (Phi) is 4.93. The highest BCUT2D eigenvalue weighted by molar-refractivity contribution is 5.06. The lowest BCUT2D eigenvalue weighted by Gasteiger charge is -2.41. The first-order valence-corrected chi connectivity index (χ1v) is 8.38. The Morgan fingerprint density at radius 1 is 1.24 bits per heavy atom. The molecular formula is C16H28N4O. The Bertz CT molecular complexity index is 439. The molecule has 0 unspecified atom stereocenters. The van der Waals surface area contributed by atoms with Crippen LogP contribution in [0.25, 0.3) is 0 Å². The van der Waals surface area contributed by atoms with Gasteiger partial charge in [0.15, 0.2) is 0 Å².